The molecule has 1 fully saturated rings. The van der Waals surface area contributed by atoms with Crippen LogP contribution in [0.3, 0.4) is 0 Å². The molecule has 212 valence electrons. The van der Waals surface area contributed by atoms with Crippen LogP contribution in [0.4, 0.5) is 16.6 Å². The summed E-state index contributed by atoms with van der Waals surface area (Å²) in [6.07, 6.45) is 8.09. The van der Waals surface area contributed by atoms with Crippen molar-refractivity contribution in [2.45, 2.75) is 78.7 Å². The molecule has 3 aromatic heterocycles. The van der Waals surface area contributed by atoms with Gasteiger partial charge >= 0.3 is 5.97 Å². The molecule has 4 heterocycles. The van der Waals surface area contributed by atoms with E-state index in [9.17, 15) is 9.59 Å². The molecule has 1 aliphatic rings. The predicted molar refractivity (Wildman–Crippen MR) is 154 cm³/mol. The van der Waals surface area contributed by atoms with Crippen LogP contribution in [0.1, 0.15) is 80.0 Å². The monoisotopic (exact) mass is 565 g/mol. The van der Waals surface area contributed by atoms with Gasteiger partial charge in [-0.2, -0.15) is 10.2 Å². The molecule has 4 aromatic rings. The molecule has 0 aliphatic carbocycles. The first kappa shape index (κ1) is 27.8. The highest BCUT2D eigenvalue weighted by Gasteiger charge is 2.25. The fourth-order valence-electron chi connectivity index (χ4n) is 4.56. The fraction of sp³-hybridized carbons (Fsp3) is 0.464. The van der Waals surface area contributed by atoms with E-state index in [1.165, 1.54) is 17.5 Å². The molecule has 1 aliphatic heterocycles. The second-order valence-corrected chi connectivity index (χ2v) is 12.1. The van der Waals surface area contributed by atoms with Crippen LogP contribution in [0, 0.1) is 13.8 Å². The Labute approximate surface area is 236 Å². The van der Waals surface area contributed by atoms with E-state index < -0.39 is 11.6 Å². The van der Waals surface area contributed by atoms with Gasteiger partial charge in [-0.15, -0.1) is 0 Å². The van der Waals surface area contributed by atoms with Crippen LogP contribution in [0.15, 0.2) is 30.7 Å². The Bertz CT molecular complexity index is 1540. The number of nitrogens with zero attached hydrogens (tertiary/aromatic N) is 5. The maximum Gasteiger partial charge on any atom is 0.331 e. The van der Waals surface area contributed by atoms with Crippen LogP contribution in [0.2, 0.25) is 0 Å². The lowest BCUT2D eigenvalue weighted by Crippen LogP contribution is -2.29. The molecule has 2 N–H and O–H groups in total. The number of hydrogen-bond acceptors (Lipinski definition) is 9. The highest BCUT2D eigenvalue weighted by atomic mass is 32.1. The van der Waals surface area contributed by atoms with E-state index in [2.05, 4.69) is 25.8 Å². The van der Waals surface area contributed by atoms with Crippen molar-refractivity contribution < 1.29 is 19.1 Å². The zero-order valence-electron chi connectivity index (χ0n) is 23.6. The van der Waals surface area contributed by atoms with Gasteiger partial charge in [0.1, 0.15) is 16.5 Å². The SMILES string of the molecule is Cc1cn(C(C)C(=O)OC(C)(C)C)nc1Nc1ncc(C(=O)Nc2c(C)ccc3c2cnn3C2CCCCO2)s1. The lowest BCUT2D eigenvalue weighted by atomic mass is 10.1. The number of amides is 1. The van der Waals surface area contributed by atoms with Crippen LogP contribution in [0.5, 0.6) is 0 Å². The minimum atomic E-state index is -0.592. The normalized spacial score (nSPS) is 16.6. The number of anilines is 3. The number of carbonyl (C=O) groups is 2. The van der Waals surface area contributed by atoms with Crippen molar-refractivity contribution in [3.05, 3.63) is 46.7 Å². The second-order valence-electron chi connectivity index (χ2n) is 11.1. The largest absolute Gasteiger partial charge is 0.458 e. The molecule has 12 heteroatoms. The van der Waals surface area contributed by atoms with Gasteiger partial charge < -0.3 is 20.1 Å². The fourth-order valence-corrected chi connectivity index (χ4v) is 5.27. The van der Waals surface area contributed by atoms with Gasteiger partial charge in [-0.1, -0.05) is 17.4 Å². The molecule has 1 saturated heterocycles. The van der Waals surface area contributed by atoms with Crippen molar-refractivity contribution in [3.63, 3.8) is 0 Å². The van der Waals surface area contributed by atoms with Crippen molar-refractivity contribution in [1.29, 1.82) is 0 Å². The first-order valence-corrected chi connectivity index (χ1v) is 14.2. The van der Waals surface area contributed by atoms with Crippen LogP contribution >= 0.6 is 11.3 Å². The number of esters is 1. The third-order valence-electron chi connectivity index (χ3n) is 6.67. The number of hydrogen-bond donors (Lipinski definition) is 2. The first-order chi connectivity index (χ1) is 19.0. The Balaban J connectivity index is 1.29. The molecule has 1 aromatic carbocycles. The molecule has 5 rings (SSSR count). The van der Waals surface area contributed by atoms with Crippen molar-refractivity contribution in [3.8, 4) is 0 Å². The molecule has 40 heavy (non-hydrogen) atoms. The Morgan fingerprint density at radius 3 is 2.70 bits per heavy atom. The predicted octanol–water partition coefficient (Wildman–Crippen LogP) is 5.90. The number of aryl methyl sites for hydroxylation is 2. The molecule has 2 atom stereocenters. The van der Waals surface area contributed by atoms with E-state index in [4.69, 9.17) is 9.47 Å². The van der Waals surface area contributed by atoms with Crippen molar-refractivity contribution in [2.24, 2.45) is 0 Å². The van der Waals surface area contributed by atoms with Gasteiger partial charge in [-0.25, -0.2) is 14.5 Å². The molecular formula is C28H35N7O4S. The van der Waals surface area contributed by atoms with E-state index in [0.717, 1.165) is 53.6 Å². The summed E-state index contributed by atoms with van der Waals surface area (Å²) in [6, 6.07) is 3.41. The Kier molecular flexibility index (Phi) is 7.65. The summed E-state index contributed by atoms with van der Waals surface area (Å²) in [4.78, 5) is 30.5. The number of thiazole rings is 1. The summed E-state index contributed by atoms with van der Waals surface area (Å²) in [7, 11) is 0. The molecule has 0 radical (unpaired) electrons. The molecule has 0 bridgehead atoms. The quantitative estimate of drug-likeness (QED) is 0.265. The highest BCUT2D eigenvalue weighted by molar-refractivity contribution is 7.17. The second kappa shape index (κ2) is 11.0. The summed E-state index contributed by atoms with van der Waals surface area (Å²) < 4.78 is 14.9. The van der Waals surface area contributed by atoms with Gasteiger partial charge in [-0.05, 0) is 72.4 Å². The summed E-state index contributed by atoms with van der Waals surface area (Å²) in [5.41, 5.74) is 2.83. The van der Waals surface area contributed by atoms with Crippen LogP contribution < -0.4 is 10.6 Å². The van der Waals surface area contributed by atoms with Gasteiger partial charge in [0, 0.05) is 23.8 Å². The Hall–Kier alpha value is -3.77. The van der Waals surface area contributed by atoms with Gasteiger partial charge in [0.25, 0.3) is 5.91 Å². The Morgan fingerprint density at radius 1 is 1.18 bits per heavy atom. The highest BCUT2D eigenvalue weighted by Crippen LogP contribution is 2.33. The summed E-state index contributed by atoms with van der Waals surface area (Å²) >= 11 is 1.22. The van der Waals surface area contributed by atoms with Gasteiger partial charge in [-0.3, -0.25) is 9.48 Å². The third-order valence-corrected chi connectivity index (χ3v) is 7.58. The van der Waals surface area contributed by atoms with Crippen molar-refractivity contribution >= 4 is 50.8 Å². The van der Waals surface area contributed by atoms with E-state index in [1.807, 2.05) is 51.4 Å². The average molecular weight is 566 g/mol. The molecule has 0 saturated carbocycles. The maximum absolute atomic E-state index is 13.2. The maximum atomic E-state index is 13.2. The molecule has 11 nitrogen and oxygen atoms in total. The van der Waals surface area contributed by atoms with Gasteiger partial charge in [0.2, 0.25) is 0 Å². The summed E-state index contributed by atoms with van der Waals surface area (Å²) in [5, 5.41) is 16.7. The number of carbonyl (C=O) groups excluding carboxylic acids is 2. The topological polar surface area (TPSA) is 125 Å². The zero-order chi connectivity index (χ0) is 28.6. The minimum Gasteiger partial charge on any atom is -0.458 e. The number of benzene rings is 1. The average Bonchev–Trinajstić information content (AvgIpc) is 3.64. The summed E-state index contributed by atoms with van der Waals surface area (Å²) in [6.45, 7) is 11.8. The number of ether oxygens (including phenoxy) is 2. The van der Waals surface area contributed by atoms with Crippen LogP contribution in [-0.2, 0) is 14.3 Å². The van der Waals surface area contributed by atoms with Gasteiger partial charge in [0.05, 0.1) is 23.6 Å². The van der Waals surface area contributed by atoms with E-state index in [1.54, 1.807) is 24.0 Å². The molecular weight excluding hydrogens is 530 g/mol. The van der Waals surface area contributed by atoms with E-state index in [-0.39, 0.29) is 18.1 Å². The van der Waals surface area contributed by atoms with Crippen molar-refractivity contribution in [2.75, 3.05) is 17.2 Å². The Morgan fingerprint density at radius 2 is 1.98 bits per heavy atom. The first-order valence-electron chi connectivity index (χ1n) is 13.4. The van der Waals surface area contributed by atoms with Crippen LogP contribution in [-0.4, -0.2) is 48.6 Å². The zero-order valence-corrected chi connectivity index (χ0v) is 24.5. The lowest BCUT2D eigenvalue weighted by Gasteiger charge is -2.23. The standard InChI is InChI=1S/C28H35N7O4S/c1-16-10-11-20-19(13-30-35(20)22-9-7-8-12-38-22)23(16)31-25(36)21-14-29-27(40-21)32-24-17(2)15-34(33-24)18(3)26(37)39-28(4,5)6/h10-11,13-15,18,22H,7-9,12H2,1-6H3,(H,31,36)(H,29,32,33). The lowest BCUT2D eigenvalue weighted by molar-refractivity contribution is -0.158. The van der Waals surface area contributed by atoms with E-state index >= 15 is 0 Å². The molecule has 0 spiro atoms. The number of nitrogens with one attached hydrogen (secondary N) is 2. The smallest absolute Gasteiger partial charge is 0.331 e. The number of aromatic nitrogens is 5. The van der Waals surface area contributed by atoms with E-state index in [0.29, 0.717) is 15.8 Å². The number of fused-ring (bicyclic) bond motifs is 1. The third kappa shape index (κ3) is 5.87. The number of rotatable bonds is 7. The molecule has 1 amide bonds. The van der Waals surface area contributed by atoms with Gasteiger partial charge in [0.15, 0.2) is 17.2 Å². The van der Waals surface area contributed by atoms with Crippen molar-refractivity contribution in [1.82, 2.24) is 24.5 Å². The summed E-state index contributed by atoms with van der Waals surface area (Å²) in [5.74, 6) is -0.0739. The van der Waals surface area contributed by atoms with Crippen LogP contribution in [0.25, 0.3) is 10.9 Å². The molecule has 2 unspecified atom stereocenters. The minimum absolute atomic E-state index is 0.0910.